The van der Waals surface area contributed by atoms with Crippen molar-refractivity contribution in [1.82, 2.24) is 14.6 Å². The maximum Gasteiger partial charge on any atom is 0.269 e. The monoisotopic (exact) mass is 338 g/mol. The van der Waals surface area contributed by atoms with Crippen LogP contribution in [0.5, 0.6) is 0 Å². The molecule has 2 aliphatic rings. The Kier molecular flexibility index (Phi) is 4.07. The number of nitrogens with one attached hydrogen (secondary N) is 1. The van der Waals surface area contributed by atoms with Gasteiger partial charge in [-0.1, -0.05) is 11.2 Å². The van der Waals surface area contributed by atoms with E-state index in [1.165, 1.54) is 10.6 Å². The molecule has 0 radical (unpaired) electrons. The molecule has 3 rings (SSSR count). The molecule has 124 valence electrons. The molecule has 23 heavy (non-hydrogen) atoms. The van der Waals surface area contributed by atoms with Crippen molar-refractivity contribution in [2.24, 2.45) is 5.16 Å². The van der Waals surface area contributed by atoms with Gasteiger partial charge in [0.25, 0.3) is 5.91 Å². The number of aromatic nitrogens is 1. The number of hydrogen-bond acceptors (Lipinski definition) is 6. The van der Waals surface area contributed by atoms with E-state index in [0.29, 0.717) is 31.6 Å². The Hall–Kier alpha value is -2.00. The largest absolute Gasteiger partial charge is 0.387 e. The average Bonchev–Trinajstić information content (AvgIpc) is 3.13. The summed E-state index contributed by atoms with van der Waals surface area (Å²) in [6.45, 7) is 0.974. The number of hydrogen-bond donors (Lipinski definition) is 1. The third-order valence-electron chi connectivity index (χ3n) is 4.03. The smallest absolute Gasteiger partial charge is 0.269 e. The number of rotatable bonds is 4. The van der Waals surface area contributed by atoms with Crippen LogP contribution in [-0.2, 0) is 26.2 Å². The molecule has 1 spiro atoms. The van der Waals surface area contributed by atoms with Gasteiger partial charge in [0.2, 0.25) is 10.0 Å². The quantitative estimate of drug-likeness (QED) is 0.825. The fourth-order valence-corrected chi connectivity index (χ4v) is 3.63. The highest BCUT2D eigenvalue weighted by molar-refractivity contribution is 7.88. The van der Waals surface area contributed by atoms with E-state index in [9.17, 15) is 13.2 Å². The van der Waals surface area contributed by atoms with Gasteiger partial charge in [-0.15, -0.1) is 0 Å². The highest BCUT2D eigenvalue weighted by atomic mass is 32.2. The standard InChI is InChI=1S/C14H18N4O4S/c1-23(20,21)18-6-4-14(10-18)7-12(17-22-14)13(19)16-9-11-3-2-5-15-8-11/h2-3,5,8H,4,6-7,9-10H2,1H3,(H,16,19). The minimum absolute atomic E-state index is 0.231. The fraction of sp³-hybridized carbons (Fsp3) is 0.500. The maximum atomic E-state index is 12.2. The first-order valence-electron chi connectivity index (χ1n) is 7.25. The van der Waals surface area contributed by atoms with Crippen molar-refractivity contribution in [1.29, 1.82) is 0 Å². The van der Waals surface area contributed by atoms with Crippen molar-refractivity contribution in [3.05, 3.63) is 30.1 Å². The summed E-state index contributed by atoms with van der Waals surface area (Å²) in [5, 5.41) is 6.63. The molecule has 1 unspecified atom stereocenters. The Morgan fingerprint density at radius 1 is 1.52 bits per heavy atom. The molecular weight excluding hydrogens is 320 g/mol. The number of sulfonamides is 1. The molecule has 9 heteroatoms. The molecule has 1 saturated heterocycles. The molecule has 0 aromatic carbocycles. The van der Waals surface area contributed by atoms with Crippen molar-refractivity contribution in [2.45, 2.75) is 25.0 Å². The number of oxime groups is 1. The summed E-state index contributed by atoms with van der Waals surface area (Å²) in [7, 11) is -3.26. The van der Waals surface area contributed by atoms with Crippen LogP contribution < -0.4 is 5.32 Å². The lowest BCUT2D eigenvalue weighted by molar-refractivity contribution is -0.115. The highest BCUT2D eigenvalue weighted by Gasteiger charge is 2.48. The van der Waals surface area contributed by atoms with E-state index in [1.54, 1.807) is 18.5 Å². The van der Waals surface area contributed by atoms with Crippen molar-refractivity contribution in [2.75, 3.05) is 19.3 Å². The number of amides is 1. The lowest BCUT2D eigenvalue weighted by Gasteiger charge is -2.20. The van der Waals surface area contributed by atoms with E-state index in [0.717, 1.165) is 5.56 Å². The van der Waals surface area contributed by atoms with Gasteiger partial charge in [-0.2, -0.15) is 4.31 Å². The normalized spacial score (nSPS) is 24.5. The van der Waals surface area contributed by atoms with E-state index < -0.39 is 15.6 Å². The van der Waals surface area contributed by atoms with E-state index in [-0.39, 0.29) is 12.5 Å². The second-order valence-electron chi connectivity index (χ2n) is 5.88. The molecule has 2 aliphatic heterocycles. The van der Waals surface area contributed by atoms with Gasteiger partial charge in [0.05, 0.1) is 12.8 Å². The zero-order valence-electron chi connectivity index (χ0n) is 12.7. The first kappa shape index (κ1) is 15.9. The van der Waals surface area contributed by atoms with E-state index in [2.05, 4.69) is 15.5 Å². The molecule has 8 nitrogen and oxygen atoms in total. The minimum atomic E-state index is -3.26. The third kappa shape index (κ3) is 3.50. The van der Waals surface area contributed by atoms with Crippen molar-refractivity contribution >= 4 is 21.6 Å². The topological polar surface area (TPSA) is 101 Å². The van der Waals surface area contributed by atoms with Gasteiger partial charge in [0, 0.05) is 38.3 Å². The van der Waals surface area contributed by atoms with Crippen LogP contribution >= 0.6 is 0 Å². The summed E-state index contributed by atoms with van der Waals surface area (Å²) in [6, 6.07) is 3.66. The van der Waals surface area contributed by atoms with Crippen LogP contribution in [0.3, 0.4) is 0 Å². The molecule has 1 atom stereocenters. The zero-order valence-corrected chi connectivity index (χ0v) is 13.5. The Labute approximate surface area is 134 Å². The molecule has 3 heterocycles. The molecule has 1 N–H and O–H groups in total. The first-order valence-corrected chi connectivity index (χ1v) is 9.10. The molecule has 1 aromatic rings. The van der Waals surface area contributed by atoms with Crippen LogP contribution in [0.15, 0.2) is 29.7 Å². The molecular formula is C14H18N4O4S. The second kappa shape index (κ2) is 5.89. The molecule has 0 aliphatic carbocycles. The van der Waals surface area contributed by atoms with Crippen LogP contribution in [0.1, 0.15) is 18.4 Å². The van der Waals surface area contributed by atoms with Crippen LogP contribution in [-0.4, -0.2) is 54.3 Å². The highest BCUT2D eigenvalue weighted by Crippen LogP contribution is 2.34. The Balaban J connectivity index is 1.56. The SMILES string of the molecule is CS(=O)(=O)N1CCC2(CC(C(=O)NCc3cccnc3)=NO2)C1. The minimum Gasteiger partial charge on any atom is -0.387 e. The summed E-state index contributed by atoms with van der Waals surface area (Å²) in [4.78, 5) is 21.6. The molecule has 1 aromatic heterocycles. The maximum absolute atomic E-state index is 12.2. The summed E-state index contributed by atoms with van der Waals surface area (Å²) >= 11 is 0. The average molecular weight is 338 g/mol. The first-order chi connectivity index (χ1) is 10.9. The summed E-state index contributed by atoms with van der Waals surface area (Å²) < 4.78 is 24.6. The predicted molar refractivity (Wildman–Crippen MR) is 83.0 cm³/mol. The van der Waals surface area contributed by atoms with Gasteiger partial charge >= 0.3 is 0 Å². The van der Waals surface area contributed by atoms with E-state index >= 15 is 0 Å². The predicted octanol–water partition coefficient (Wildman–Crippen LogP) is -0.122. The summed E-state index contributed by atoms with van der Waals surface area (Å²) in [5.41, 5.74) is 0.479. The molecule has 1 fully saturated rings. The zero-order chi connectivity index (χ0) is 16.5. The van der Waals surface area contributed by atoms with Crippen molar-refractivity contribution < 1.29 is 18.0 Å². The van der Waals surface area contributed by atoms with Crippen LogP contribution in [0.25, 0.3) is 0 Å². The van der Waals surface area contributed by atoms with Crippen molar-refractivity contribution in [3.63, 3.8) is 0 Å². The third-order valence-corrected chi connectivity index (χ3v) is 5.28. The van der Waals surface area contributed by atoms with Crippen LogP contribution in [0.4, 0.5) is 0 Å². The van der Waals surface area contributed by atoms with Crippen LogP contribution in [0.2, 0.25) is 0 Å². The molecule has 1 amide bonds. The van der Waals surface area contributed by atoms with E-state index in [4.69, 9.17) is 4.84 Å². The van der Waals surface area contributed by atoms with Gasteiger partial charge in [-0.05, 0) is 11.6 Å². The Morgan fingerprint density at radius 3 is 3.00 bits per heavy atom. The van der Waals surface area contributed by atoms with Gasteiger partial charge in [0.1, 0.15) is 5.71 Å². The Bertz CT molecular complexity index is 734. The van der Waals surface area contributed by atoms with Crippen LogP contribution in [0, 0.1) is 0 Å². The molecule has 0 saturated carbocycles. The second-order valence-corrected chi connectivity index (χ2v) is 7.86. The lowest BCUT2D eigenvalue weighted by atomic mass is 9.96. The lowest BCUT2D eigenvalue weighted by Crippen LogP contribution is -2.38. The molecule has 0 bridgehead atoms. The number of pyridine rings is 1. The van der Waals surface area contributed by atoms with Crippen molar-refractivity contribution in [3.8, 4) is 0 Å². The van der Waals surface area contributed by atoms with Gasteiger partial charge in [0.15, 0.2) is 5.60 Å². The Morgan fingerprint density at radius 2 is 2.35 bits per heavy atom. The van der Waals surface area contributed by atoms with Gasteiger partial charge < -0.3 is 10.2 Å². The van der Waals surface area contributed by atoms with E-state index in [1.807, 2.05) is 6.07 Å². The summed E-state index contributed by atoms with van der Waals surface area (Å²) in [5.74, 6) is -0.302. The van der Waals surface area contributed by atoms with Gasteiger partial charge in [-0.3, -0.25) is 9.78 Å². The number of carbonyl (C=O) groups excluding carboxylic acids is 1. The number of nitrogens with zero attached hydrogens (tertiary/aromatic N) is 3. The van der Waals surface area contributed by atoms with Gasteiger partial charge in [-0.25, -0.2) is 8.42 Å². The number of carbonyl (C=O) groups is 1. The summed E-state index contributed by atoms with van der Waals surface area (Å²) in [6.07, 6.45) is 5.36. The fourth-order valence-electron chi connectivity index (χ4n) is 2.74.